The Bertz CT molecular complexity index is 880. The molecule has 5 nitrogen and oxygen atoms in total. The van der Waals surface area contributed by atoms with Crippen molar-refractivity contribution < 1.29 is 8.42 Å². The molecule has 1 atom stereocenters. The predicted octanol–water partition coefficient (Wildman–Crippen LogP) is 3.75. The van der Waals surface area contributed by atoms with Gasteiger partial charge in [0.15, 0.2) is 0 Å². The number of hydrogen-bond acceptors (Lipinski definition) is 3. The van der Waals surface area contributed by atoms with Crippen molar-refractivity contribution in [2.45, 2.75) is 46.0 Å². The molecule has 0 saturated carbocycles. The number of pyridine rings is 1. The molecule has 2 aromatic rings. The van der Waals surface area contributed by atoms with Crippen molar-refractivity contribution in [3.8, 4) is 0 Å². The van der Waals surface area contributed by atoms with E-state index in [1.165, 1.54) is 11.1 Å². The third kappa shape index (κ3) is 4.80. The lowest BCUT2D eigenvalue weighted by Crippen LogP contribution is -2.47. The van der Waals surface area contributed by atoms with Crippen molar-refractivity contribution in [2.75, 3.05) is 26.2 Å². The Balaban J connectivity index is 1.81. The molecule has 28 heavy (non-hydrogen) atoms. The zero-order chi connectivity index (χ0) is 20.1. The van der Waals surface area contributed by atoms with Crippen molar-refractivity contribution >= 4 is 10.2 Å². The summed E-state index contributed by atoms with van der Waals surface area (Å²) >= 11 is 0. The van der Waals surface area contributed by atoms with Crippen LogP contribution in [0.15, 0.2) is 42.5 Å². The number of rotatable bonds is 7. The van der Waals surface area contributed by atoms with E-state index in [0.29, 0.717) is 26.2 Å². The first-order chi connectivity index (χ1) is 13.4. The first kappa shape index (κ1) is 21.0. The summed E-state index contributed by atoms with van der Waals surface area (Å²) in [5, 5.41) is 0. The van der Waals surface area contributed by atoms with Crippen LogP contribution in [-0.4, -0.2) is 48.2 Å². The largest absolute Gasteiger partial charge is 0.281 e. The van der Waals surface area contributed by atoms with E-state index in [0.717, 1.165) is 30.7 Å². The smallest absolute Gasteiger partial charge is 0.258 e. The third-order valence-electron chi connectivity index (χ3n) is 5.44. The second-order valence-electron chi connectivity index (χ2n) is 7.49. The van der Waals surface area contributed by atoms with Crippen LogP contribution >= 0.6 is 0 Å². The molecule has 1 fully saturated rings. The summed E-state index contributed by atoms with van der Waals surface area (Å²) in [6.45, 7) is 7.91. The monoisotopic (exact) mass is 401 g/mol. The van der Waals surface area contributed by atoms with Gasteiger partial charge in [-0.3, -0.25) is 4.98 Å². The Labute approximate surface area is 169 Å². The average Bonchev–Trinajstić information content (AvgIpc) is 2.69. The van der Waals surface area contributed by atoms with Crippen molar-refractivity contribution in [3.05, 3.63) is 65.0 Å². The highest BCUT2D eigenvalue weighted by Crippen LogP contribution is 2.29. The van der Waals surface area contributed by atoms with E-state index in [1.54, 1.807) is 8.61 Å². The predicted molar refractivity (Wildman–Crippen MR) is 114 cm³/mol. The minimum absolute atomic E-state index is 0.147. The van der Waals surface area contributed by atoms with Gasteiger partial charge in [-0.05, 0) is 49.4 Å². The lowest BCUT2D eigenvalue weighted by atomic mass is 9.93. The van der Waals surface area contributed by atoms with Gasteiger partial charge in [0.2, 0.25) is 0 Å². The van der Waals surface area contributed by atoms with E-state index in [9.17, 15) is 8.42 Å². The fraction of sp³-hybridized carbons (Fsp3) is 0.500. The van der Waals surface area contributed by atoms with Crippen LogP contribution in [0.4, 0.5) is 0 Å². The standard InChI is InChI=1S/C22H31N3O2S/c1-4-24(5-2)28(26,27)25-13-9-12-21(17-25)22-16-20(14-18(3)23-22)15-19-10-7-6-8-11-19/h6-8,10-11,14,16,21H,4-5,9,12-13,15,17H2,1-3H3/t21-/m0/s1. The highest BCUT2D eigenvalue weighted by atomic mass is 32.2. The van der Waals surface area contributed by atoms with Gasteiger partial charge in [-0.1, -0.05) is 44.2 Å². The number of aryl methyl sites for hydroxylation is 1. The molecule has 1 aliphatic rings. The number of aromatic nitrogens is 1. The lowest BCUT2D eigenvalue weighted by Gasteiger charge is -2.35. The molecule has 0 N–H and O–H groups in total. The second-order valence-corrected chi connectivity index (χ2v) is 9.42. The van der Waals surface area contributed by atoms with Crippen LogP contribution in [0, 0.1) is 6.92 Å². The summed E-state index contributed by atoms with van der Waals surface area (Å²) in [5.74, 6) is 0.147. The average molecular weight is 402 g/mol. The van der Waals surface area contributed by atoms with Crippen LogP contribution < -0.4 is 0 Å². The van der Waals surface area contributed by atoms with Crippen LogP contribution in [0.5, 0.6) is 0 Å². The van der Waals surface area contributed by atoms with E-state index in [-0.39, 0.29) is 5.92 Å². The van der Waals surface area contributed by atoms with Crippen LogP contribution in [0.2, 0.25) is 0 Å². The Morgan fingerprint density at radius 3 is 2.50 bits per heavy atom. The fourth-order valence-corrected chi connectivity index (χ4v) is 5.72. The first-order valence-corrected chi connectivity index (χ1v) is 11.6. The zero-order valence-corrected chi connectivity index (χ0v) is 18.0. The topological polar surface area (TPSA) is 53.5 Å². The Morgan fingerprint density at radius 1 is 1.11 bits per heavy atom. The van der Waals surface area contributed by atoms with Crippen LogP contribution in [0.25, 0.3) is 0 Å². The van der Waals surface area contributed by atoms with Crippen molar-refractivity contribution in [1.82, 2.24) is 13.6 Å². The Kier molecular flexibility index (Phi) is 6.86. The molecule has 3 rings (SSSR count). The van der Waals surface area contributed by atoms with Gasteiger partial charge in [0.1, 0.15) is 0 Å². The van der Waals surface area contributed by atoms with Crippen molar-refractivity contribution in [3.63, 3.8) is 0 Å². The quantitative estimate of drug-likeness (QED) is 0.710. The second kappa shape index (κ2) is 9.16. The van der Waals surface area contributed by atoms with Gasteiger partial charge in [-0.15, -0.1) is 0 Å². The van der Waals surface area contributed by atoms with Gasteiger partial charge in [0.05, 0.1) is 0 Å². The lowest BCUT2D eigenvalue weighted by molar-refractivity contribution is 0.285. The molecule has 1 aromatic carbocycles. The van der Waals surface area contributed by atoms with Gasteiger partial charge < -0.3 is 0 Å². The van der Waals surface area contributed by atoms with E-state index < -0.39 is 10.2 Å². The van der Waals surface area contributed by atoms with Gasteiger partial charge in [-0.25, -0.2) is 0 Å². The molecule has 1 saturated heterocycles. The molecular weight excluding hydrogens is 370 g/mol. The van der Waals surface area contributed by atoms with E-state index in [1.807, 2.05) is 26.8 Å². The van der Waals surface area contributed by atoms with Gasteiger partial charge >= 0.3 is 0 Å². The van der Waals surface area contributed by atoms with Gasteiger partial charge in [0.25, 0.3) is 10.2 Å². The SMILES string of the molecule is CCN(CC)S(=O)(=O)N1CCC[C@H](c2cc(Cc3ccccc3)cc(C)n2)C1. The molecule has 0 spiro atoms. The fourth-order valence-electron chi connectivity index (χ4n) is 4.02. The molecule has 0 bridgehead atoms. The zero-order valence-electron chi connectivity index (χ0n) is 17.1. The number of nitrogens with zero attached hydrogens (tertiary/aromatic N) is 3. The van der Waals surface area contributed by atoms with E-state index in [2.05, 4.69) is 36.4 Å². The van der Waals surface area contributed by atoms with Crippen molar-refractivity contribution in [2.24, 2.45) is 0 Å². The van der Waals surface area contributed by atoms with Crippen LogP contribution in [0.3, 0.4) is 0 Å². The maximum absolute atomic E-state index is 12.9. The Hall–Kier alpha value is -1.76. The molecule has 0 amide bonds. The minimum atomic E-state index is -3.40. The molecular formula is C22H31N3O2S. The summed E-state index contributed by atoms with van der Waals surface area (Å²) in [4.78, 5) is 4.77. The third-order valence-corrected chi connectivity index (χ3v) is 7.60. The molecule has 1 aliphatic heterocycles. The Morgan fingerprint density at radius 2 is 1.82 bits per heavy atom. The number of hydrogen-bond donors (Lipinski definition) is 0. The first-order valence-electron chi connectivity index (χ1n) is 10.2. The summed E-state index contributed by atoms with van der Waals surface area (Å²) in [6, 6.07) is 14.7. The van der Waals surface area contributed by atoms with Gasteiger partial charge in [-0.2, -0.15) is 17.0 Å². The molecule has 1 aromatic heterocycles. The molecule has 0 radical (unpaired) electrons. The van der Waals surface area contributed by atoms with Crippen LogP contribution in [-0.2, 0) is 16.6 Å². The minimum Gasteiger partial charge on any atom is -0.258 e. The molecule has 2 heterocycles. The summed E-state index contributed by atoms with van der Waals surface area (Å²) in [6.07, 6.45) is 2.71. The van der Waals surface area contributed by atoms with Crippen LogP contribution in [0.1, 0.15) is 55.1 Å². The highest BCUT2D eigenvalue weighted by Gasteiger charge is 2.33. The summed E-state index contributed by atoms with van der Waals surface area (Å²) < 4.78 is 29.1. The molecule has 0 unspecified atom stereocenters. The number of benzene rings is 1. The maximum Gasteiger partial charge on any atom is 0.281 e. The highest BCUT2D eigenvalue weighted by molar-refractivity contribution is 7.86. The van der Waals surface area contributed by atoms with Crippen molar-refractivity contribution in [1.29, 1.82) is 0 Å². The van der Waals surface area contributed by atoms with E-state index in [4.69, 9.17) is 4.98 Å². The molecule has 0 aliphatic carbocycles. The normalized spacial score (nSPS) is 18.5. The number of piperidine rings is 1. The molecule has 152 valence electrons. The van der Waals surface area contributed by atoms with Gasteiger partial charge in [0, 0.05) is 43.5 Å². The summed E-state index contributed by atoms with van der Waals surface area (Å²) in [7, 11) is -3.40. The van der Waals surface area contributed by atoms with E-state index >= 15 is 0 Å². The maximum atomic E-state index is 12.9. The summed E-state index contributed by atoms with van der Waals surface area (Å²) in [5.41, 5.74) is 4.52. The molecule has 6 heteroatoms.